The molecule has 0 bridgehead atoms. The average Bonchev–Trinajstić information content (AvgIpc) is 2.84. The third-order valence-corrected chi connectivity index (χ3v) is 3.83. The minimum atomic E-state index is 0.565. The summed E-state index contributed by atoms with van der Waals surface area (Å²) in [6, 6.07) is 9.87. The van der Waals surface area contributed by atoms with Gasteiger partial charge in [-0.2, -0.15) is 4.98 Å². The Labute approximate surface area is 119 Å². The number of halogens is 1. The van der Waals surface area contributed by atoms with Crippen LogP contribution in [0.2, 0.25) is 0 Å². The highest BCUT2D eigenvalue weighted by Gasteiger charge is 2.08. The zero-order chi connectivity index (χ0) is 13.4. The lowest BCUT2D eigenvalue weighted by Gasteiger charge is -2.00. The smallest absolute Gasteiger partial charge is 0.215 e. The molecule has 19 heavy (non-hydrogen) atoms. The van der Waals surface area contributed by atoms with Crippen LogP contribution in [0.4, 0.5) is 0 Å². The number of benzene rings is 1. The number of hydrogen-bond donors (Lipinski definition) is 1. The van der Waals surface area contributed by atoms with E-state index in [1.165, 1.54) is 5.56 Å². The van der Waals surface area contributed by atoms with Crippen LogP contribution in [0, 0.1) is 6.92 Å². The zero-order valence-electron chi connectivity index (χ0n) is 10.6. The Morgan fingerprint density at radius 2 is 2.00 bits per heavy atom. The lowest BCUT2D eigenvalue weighted by atomic mass is 10.1. The summed E-state index contributed by atoms with van der Waals surface area (Å²) in [6.07, 6.45) is 0. The van der Waals surface area contributed by atoms with Gasteiger partial charge in [-0.25, -0.2) is 4.98 Å². The van der Waals surface area contributed by atoms with Gasteiger partial charge >= 0.3 is 0 Å². The zero-order valence-corrected chi connectivity index (χ0v) is 12.2. The van der Waals surface area contributed by atoms with E-state index >= 15 is 0 Å². The standard InChI is InChI=1S/C14H12BrN3O/c1-8-3-4-9(7-10(8)15)13-16-11-5-6-12(19-2)17-14(11)18-13/h3-7H,1-2H3,(H,16,17,18). The highest BCUT2D eigenvalue weighted by Crippen LogP contribution is 2.25. The number of rotatable bonds is 2. The van der Waals surface area contributed by atoms with Gasteiger partial charge in [0.05, 0.1) is 12.6 Å². The molecular weight excluding hydrogens is 306 g/mol. The van der Waals surface area contributed by atoms with Crippen molar-refractivity contribution in [2.24, 2.45) is 0 Å². The van der Waals surface area contributed by atoms with Gasteiger partial charge in [-0.1, -0.05) is 28.1 Å². The molecule has 0 aliphatic heterocycles. The molecule has 1 aromatic carbocycles. The molecule has 4 nitrogen and oxygen atoms in total. The molecule has 0 atom stereocenters. The first-order valence-electron chi connectivity index (χ1n) is 5.84. The first-order valence-corrected chi connectivity index (χ1v) is 6.64. The van der Waals surface area contributed by atoms with Crippen molar-refractivity contribution in [2.75, 3.05) is 7.11 Å². The van der Waals surface area contributed by atoms with Gasteiger partial charge in [0, 0.05) is 16.1 Å². The van der Waals surface area contributed by atoms with Crippen molar-refractivity contribution in [3.63, 3.8) is 0 Å². The van der Waals surface area contributed by atoms with Gasteiger partial charge < -0.3 is 9.72 Å². The molecule has 2 aromatic heterocycles. The summed E-state index contributed by atoms with van der Waals surface area (Å²) in [5.41, 5.74) is 3.77. The van der Waals surface area contributed by atoms with Crippen LogP contribution in [0.5, 0.6) is 5.88 Å². The van der Waals surface area contributed by atoms with Gasteiger partial charge in [0.2, 0.25) is 5.88 Å². The van der Waals surface area contributed by atoms with E-state index < -0.39 is 0 Å². The average molecular weight is 318 g/mol. The van der Waals surface area contributed by atoms with Gasteiger partial charge in [-0.3, -0.25) is 0 Å². The quantitative estimate of drug-likeness (QED) is 0.784. The van der Waals surface area contributed by atoms with Crippen LogP contribution in [0.3, 0.4) is 0 Å². The van der Waals surface area contributed by atoms with E-state index in [0.29, 0.717) is 11.5 Å². The number of hydrogen-bond acceptors (Lipinski definition) is 3. The van der Waals surface area contributed by atoms with E-state index in [0.717, 1.165) is 21.4 Å². The molecule has 0 radical (unpaired) electrons. The molecule has 1 N–H and O–H groups in total. The maximum atomic E-state index is 5.10. The van der Waals surface area contributed by atoms with Gasteiger partial charge in [-0.05, 0) is 24.6 Å². The minimum Gasteiger partial charge on any atom is -0.481 e. The summed E-state index contributed by atoms with van der Waals surface area (Å²) in [4.78, 5) is 12.1. The maximum Gasteiger partial charge on any atom is 0.215 e. The topological polar surface area (TPSA) is 50.8 Å². The fourth-order valence-electron chi connectivity index (χ4n) is 1.87. The van der Waals surface area contributed by atoms with Crippen molar-refractivity contribution in [2.45, 2.75) is 6.92 Å². The van der Waals surface area contributed by atoms with Gasteiger partial charge in [0.15, 0.2) is 5.65 Å². The van der Waals surface area contributed by atoms with Gasteiger partial charge in [0.25, 0.3) is 0 Å². The minimum absolute atomic E-state index is 0.565. The van der Waals surface area contributed by atoms with Crippen LogP contribution in [-0.4, -0.2) is 22.1 Å². The number of H-pyrrole nitrogens is 1. The first kappa shape index (κ1) is 12.2. The number of nitrogens with one attached hydrogen (secondary N) is 1. The van der Waals surface area contributed by atoms with Crippen LogP contribution < -0.4 is 4.74 Å². The summed E-state index contributed by atoms with van der Waals surface area (Å²) in [7, 11) is 1.60. The van der Waals surface area contributed by atoms with Crippen LogP contribution in [0.1, 0.15) is 5.56 Å². The summed E-state index contributed by atoms with van der Waals surface area (Å²) >= 11 is 3.53. The monoisotopic (exact) mass is 317 g/mol. The van der Waals surface area contributed by atoms with Crippen molar-refractivity contribution in [1.82, 2.24) is 15.0 Å². The predicted molar refractivity (Wildman–Crippen MR) is 78.3 cm³/mol. The third-order valence-electron chi connectivity index (χ3n) is 2.97. The number of nitrogens with zero attached hydrogens (tertiary/aromatic N) is 2. The Balaban J connectivity index is 2.11. The summed E-state index contributed by atoms with van der Waals surface area (Å²) in [5, 5.41) is 0. The molecule has 2 heterocycles. The molecule has 0 saturated carbocycles. The molecule has 0 amide bonds. The van der Waals surface area contributed by atoms with Crippen LogP contribution in [-0.2, 0) is 0 Å². The Hall–Kier alpha value is -1.88. The van der Waals surface area contributed by atoms with E-state index in [2.05, 4.69) is 43.9 Å². The molecule has 3 aromatic rings. The largest absolute Gasteiger partial charge is 0.481 e. The van der Waals surface area contributed by atoms with Crippen molar-refractivity contribution in [3.05, 3.63) is 40.4 Å². The van der Waals surface area contributed by atoms with E-state index in [1.807, 2.05) is 24.3 Å². The molecule has 5 heteroatoms. The summed E-state index contributed by atoms with van der Waals surface area (Å²) < 4.78 is 6.17. The van der Waals surface area contributed by atoms with Gasteiger partial charge in [-0.15, -0.1) is 0 Å². The Morgan fingerprint density at radius 3 is 2.74 bits per heavy atom. The summed E-state index contributed by atoms with van der Waals surface area (Å²) in [6.45, 7) is 2.05. The normalized spacial score (nSPS) is 10.9. The molecule has 0 aliphatic rings. The molecule has 3 rings (SSSR count). The maximum absolute atomic E-state index is 5.10. The number of ether oxygens (including phenoxy) is 1. The fourth-order valence-corrected chi connectivity index (χ4v) is 2.24. The number of aromatic nitrogens is 3. The van der Waals surface area contributed by atoms with Crippen molar-refractivity contribution < 1.29 is 4.74 Å². The highest BCUT2D eigenvalue weighted by molar-refractivity contribution is 9.10. The number of fused-ring (bicyclic) bond motifs is 1. The van der Waals surface area contributed by atoms with Crippen molar-refractivity contribution in [3.8, 4) is 17.3 Å². The third kappa shape index (κ3) is 2.21. The van der Waals surface area contributed by atoms with Crippen molar-refractivity contribution in [1.29, 1.82) is 0 Å². The number of aromatic amines is 1. The van der Waals surface area contributed by atoms with E-state index in [4.69, 9.17) is 4.74 Å². The number of pyridine rings is 1. The molecule has 0 saturated heterocycles. The lowest BCUT2D eigenvalue weighted by Crippen LogP contribution is -1.86. The molecule has 0 unspecified atom stereocenters. The molecule has 0 aliphatic carbocycles. The second kappa shape index (κ2) is 4.66. The Bertz CT molecular complexity index is 752. The van der Waals surface area contributed by atoms with Crippen LogP contribution >= 0.6 is 15.9 Å². The number of methoxy groups -OCH3 is 1. The summed E-state index contributed by atoms with van der Waals surface area (Å²) in [5.74, 6) is 1.37. The molecule has 0 fully saturated rings. The van der Waals surface area contributed by atoms with Crippen LogP contribution in [0.25, 0.3) is 22.6 Å². The fraction of sp³-hybridized carbons (Fsp3) is 0.143. The Kier molecular flexibility index (Phi) is 2.98. The Morgan fingerprint density at radius 1 is 1.16 bits per heavy atom. The second-order valence-corrected chi connectivity index (χ2v) is 5.13. The SMILES string of the molecule is COc1ccc2[nH]c(-c3ccc(C)c(Br)c3)nc2n1. The molecule has 0 spiro atoms. The lowest BCUT2D eigenvalue weighted by molar-refractivity contribution is 0.399. The number of imidazole rings is 1. The second-order valence-electron chi connectivity index (χ2n) is 4.27. The highest BCUT2D eigenvalue weighted by atomic mass is 79.9. The van der Waals surface area contributed by atoms with E-state index in [-0.39, 0.29) is 0 Å². The van der Waals surface area contributed by atoms with E-state index in [1.54, 1.807) is 7.11 Å². The van der Waals surface area contributed by atoms with Crippen molar-refractivity contribution >= 4 is 27.1 Å². The predicted octanol–water partition coefficient (Wildman–Crippen LogP) is 3.70. The van der Waals surface area contributed by atoms with E-state index in [9.17, 15) is 0 Å². The number of aryl methyl sites for hydroxylation is 1. The van der Waals surface area contributed by atoms with Gasteiger partial charge in [0.1, 0.15) is 5.82 Å². The first-order chi connectivity index (χ1) is 9.17. The molecule has 96 valence electrons. The van der Waals surface area contributed by atoms with Crippen LogP contribution in [0.15, 0.2) is 34.8 Å². The molecular formula is C14H12BrN3O.